The Morgan fingerprint density at radius 3 is 2.65 bits per heavy atom. The van der Waals surface area contributed by atoms with Crippen LogP contribution >= 0.6 is 0 Å². The number of hydrogen-bond donors (Lipinski definition) is 3. The molecule has 1 aliphatic carbocycles. The Morgan fingerprint density at radius 2 is 2.06 bits per heavy atom. The molecule has 1 amide bonds. The first-order chi connectivity index (χ1) is 16.0. The fourth-order valence-corrected chi connectivity index (χ4v) is 4.21. The molecular weight excluding hydrogens is 453 g/mol. The van der Waals surface area contributed by atoms with Crippen molar-refractivity contribution in [3.05, 3.63) is 42.6 Å². The van der Waals surface area contributed by atoms with Gasteiger partial charge in [0.15, 0.2) is 0 Å². The topological polar surface area (TPSA) is 116 Å². The van der Waals surface area contributed by atoms with Crippen LogP contribution in [0.5, 0.6) is 0 Å². The summed E-state index contributed by atoms with van der Waals surface area (Å²) < 4.78 is 39.6. The number of aromatic nitrogens is 3. The minimum absolute atomic E-state index is 0.184. The van der Waals surface area contributed by atoms with Gasteiger partial charge in [-0.3, -0.25) is 9.79 Å². The number of anilines is 1. The van der Waals surface area contributed by atoms with Gasteiger partial charge >= 0.3 is 12.1 Å². The number of nitrogens with zero attached hydrogens (tertiary/aromatic N) is 5. The molecule has 0 aliphatic heterocycles. The van der Waals surface area contributed by atoms with Gasteiger partial charge in [-0.2, -0.15) is 13.2 Å². The predicted octanol–water partition coefficient (Wildman–Crippen LogP) is 2.65. The molecule has 1 aliphatic rings. The molecule has 0 saturated heterocycles. The van der Waals surface area contributed by atoms with Crippen LogP contribution in [0.25, 0.3) is 11.0 Å². The highest BCUT2D eigenvalue weighted by Crippen LogP contribution is 2.38. The molecular formula is C22H27F3N6O3. The summed E-state index contributed by atoms with van der Waals surface area (Å²) >= 11 is 0. The van der Waals surface area contributed by atoms with Gasteiger partial charge in [-0.05, 0) is 32.5 Å². The molecule has 34 heavy (non-hydrogen) atoms. The van der Waals surface area contributed by atoms with Gasteiger partial charge in [-0.15, -0.1) is 0 Å². The highest BCUT2D eigenvalue weighted by molar-refractivity contribution is 6.00. The van der Waals surface area contributed by atoms with E-state index in [0.29, 0.717) is 13.0 Å². The average molecular weight is 480 g/mol. The largest absolute Gasteiger partial charge is 0.471 e. The van der Waals surface area contributed by atoms with E-state index in [4.69, 9.17) is 0 Å². The third kappa shape index (κ3) is 4.97. The quantitative estimate of drug-likeness (QED) is 0.525. The molecule has 4 atom stereocenters. The van der Waals surface area contributed by atoms with E-state index in [1.165, 1.54) is 6.07 Å². The van der Waals surface area contributed by atoms with Crippen molar-refractivity contribution in [1.29, 1.82) is 0 Å². The molecule has 3 rings (SSSR count). The molecule has 12 heteroatoms. The number of halogens is 3. The number of rotatable bonds is 7. The minimum Gasteiger partial charge on any atom is -0.390 e. The number of hydrogen-bond acceptors (Lipinski definition) is 7. The van der Waals surface area contributed by atoms with Crippen LogP contribution in [0.15, 0.2) is 47.6 Å². The molecule has 0 spiro atoms. The maximum Gasteiger partial charge on any atom is 0.471 e. The number of carbonyl (C=O) groups excluding carboxylic acids is 1. The number of fused-ring (bicyclic) bond motifs is 1. The standard InChI is InChI=1S/C22H27F3N6O3/c1-5-30(16(9-26-4)12(2)3)10-13-8-15(18(33)17(13)32)31-7-6-14-19(27-11-28-20(14)31)29-21(34)22(23,24)25/h5-7,9,11,13,15,17-18,32-33H,1,8,10H2,2-4H3,(H,27,28,29,34)/b26-9-/t13-,15-,17-,18+/m1/s1. The van der Waals surface area contributed by atoms with E-state index in [0.717, 1.165) is 17.6 Å². The maximum atomic E-state index is 12.7. The van der Waals surface area contributed by atoms with Crippen LogP contribution in [0.3, 0.4) is 0 Å². The van der Waals surface area contributed by atoms with Crippen molar-refractivity contribution in [3.8, 4) is 0 Å². The van der Waals surface area contributed by atoms with E-state index in [1.54, 1.807) is 35.5 Å². The molecule has 184 valence electrons. The number of allylic oxidation sites excluding steroid dienone is 2. The van der Waals surface area contributed by atoms with Crippen molar-refractivity contribution in [2.75, 3.05) is 18.9 Å². The Kier molecular flexibility index (Phi) is 7.41. The number of amides is 1. The van der Waals surface area contributed by atoms with Crippen molar-refractivity contribution in [3.63, 3.8) is 0 Å². The highest BCUT2D eigenvalue weighted by atomic mass is 19.4. The summed E-state index contributed by atoms with van der Waals surface area (Å²) in [5.74, 6) is -2.78. The summed E-state index contributed by atoms with van der Waals surface area (Å²) in [6, 6.07) is 0.864. The van der Waals surface area contributed by atoms with Crippen LogP contribution in [0, 0.1) is 5.92 Å². The Morgan fingerprint density at radius 1 is 1.35 bits per heavy atom. The van der Waals surface area contributed by atoms with Gasteiger partial charge in [-0.1, -0.05) is 12.2 Å². The van der Waals surface area contributed by atoms with Crippen molar-refractivity contribution in [2.45, 2.75) is 44.7 Å². The van der Waals surface area contributed by atoms with Crippen LogP contribution in [0.4, 0.5) is 19.0 Å². The number of aliphatic hydroxyl groups excluding tert-OH is 2. The van der Waals surface area contributed by atoms with Crippen LogP contribution in [0.2, 0.25) is 0 Å². The molecule has 2 aromatic heterocycles. The van der Waals surface area contributed by atoms with E-state index >= 15 is 0 Å². The Hall–Kier alpha value is -3.25. The molecule has 1 saturated carbocycles. The van der Waals surface area contributed by atoms with Crippen molar-refractivity contribution < 1.29 is 28.2 Å². The average Bonchev–Trinajstić information content (AvgIpc) is 3.32. The SMILES string of the molecule is C=CN(C[C@H]1C[C@@H](n2ccc3c(NC(=O)C(F)(F)F)ncnc32)[C@H](O)[C@@H]1O)C(/C=N\C)=C(C)C. The first-order valence-electron chi connectivity index (χ1n) is 10.5. The van der Waals surface area contributed by atoms with Crippen LogP contribution < -0.4 is 5.32 Å². The van der Waals surface area contributed by atoms with Crippen molar-refractivity contribution >= 4 is 29.0 Å². The van der Waals surface area contributed by atoms with E-state index < -0.39 is 30.3 Å². The lowest BCUT2D eigenvalue weighted by Gasteiger charge is -2.27. The maximum absolute atomic E-state index is 12.7. The van der Waals surface area contributed by atoms with E-state index in [9.17, 15) is 28.2 Å². The highest BCUT2D eigenvalue weighted by Gasteiger charge is 2.44. The molecule has 1 fully saturated rings. The summed E-state index contributed by atoms with van der Waals surface area (Å²) in [4.78, 5) is 25.2. The minimum atomic E-state index is -5.07. The lowest BCUT2D eigenvalue weighted by molar-refractivity contribution is -0.167. The molecule has 0 bridgehead atoms. The number of aliphatic hydroxyl groups is 2. The second-order valence-corrected chi connectivity index (χ2v) is 8.29. The van der Waals surface area contributed by atoms with Crippen molar-refractivity contribution in [2.24, 2.45) is 10.9 Å². The molecule has 0 aromatic carbocycles. The summed E-state index contributed by atoms with van der Waals surface area (Å²) in [6.45, 7) is 8.06. The van der Waals surface area contributed by atoms with Gasteiger partial charge in [0.2, 0.25) is 0 Å². The molecule has 2 heterocycles. The third-order valence-electron chi connectivity index (χ3n) is 5.85. The molecule has 2 aromatic rings. The van der Waals surface area contributed by atoms with Crippen LogP contribution in [0.1, 0.15) is 26.3 Å². The second kappa shape index (κ2) is 9.94. The zero-order chi connectivity index (χ0) is 25.2. The zero-order valence-electron chi connectivity index (χ0n) is 19.0. The number of nitrogens with one attached hydrogen (secondary N) is 1. The summed E-state index contributed by atoms with van der Waals surface area (Å²) in [6.07, 6.45) is -1.01. The summed E-state index contributed by atoms with van der Waals surface area (Å²) in [5, 5.41) is 23.5. The van der Waals surface area contributed by atoms with Gasteiger partial charge in [0, 0.05) is 31.9 Å². The normalized spacial score (nSPS) is 22.8. The molecule has 9 nitrogen and oxygen atoms in total. The smallest absolute Gasteiger partial charge is 0.390 e. The van der Waals surface area contributed by atoms with Crippen LogP contribution in [-0.2, 0) is 4.79 Å². The summed E-state index contributed by atoms with van der Waals surface area (Å²) in [5.41, 5.74) is 2.05. The van der Waals surface area contributed by atoms with Crippen molar-refractivity contribution in [1.82, 2.24) is 19.4 Å². The van der Waals surface area contributed by atoms with E-state index in [-0.39, 0.29) is 22.8 Å². The third-order valence-corrected chi connectivity index (χ3v) is 5.85. The van der Waals surface area contributed by atoms with Crippen LogP contribution in [-0.4, -0.2) is 73.7 Å². The Labute approximate surface area is 194 Å². The van der Waals surface area contributed by atoms with Gasteiger partial charge in [-0.25, -0.2) is 9.97 Å². The first-order valence-corrected chi connectivity index (χ1v) is 10.5. The van der Waals surface area contributed by atoms with E-state index in [1.807, 2.05) is 18.7 Å². The number of alkyl halides is 3. The monoisotopic (exact) mass is 480 g/mol. The lowest BCUT2D eigenvalue weighted by atomic mass is 10.0. The van der Waals surface area contributed by atoms with Gasteiger partial charge in [0.25, 0.3) is 0 Å². The predicted molar refractivity (Wildman–Crippen MR) is 121 cm³/mol. The fourth-order valence-electron chi connectivity index (χ4n) is 4.21. The van der Waals surface area contributed by atoms with Gasteiger partial charge in [0.05, 0.1) is 23.2 Å². The second-order valence-electron chi connectivity index (χ2n) is 8.29. The fraction of sp³-hybridized carbons (Fsp3) is 0.455. The molecule has 0 unspecified atom stereocenters. The number of aliphatic imine (C=N–C) groups is 1. The first kappa shape index (κ1) is 25.4. The lowest BCUT2D eigenvalue weighted by Crippen LogP contribution is -2.34. The van der Waals surface area contributed by atoms with Gasteiger partial charge < -0.3 is 25.0 Å². The number of carbonyl (C=O) groups is 1. The zero-order valence-corrected chi connectivity index (χ0v) is 19.0. The molecule has 3 N–H and O–H groups in total. The molecule has 0 radical (unpaired) electrons. The summed E-state index contributed by atoms with van der Waals surface area (Å²) in [7, 11) is 1.65. The van der Waals surface area contributed by atoms with E-state index in [2.05, 4.69) is 21.5 Å². The van der Waals surface area contributed by atoms with Gasteiger partial charge in [0.1, 0.15) is 23.9 Å². The Bertz CT molecular complexity index is 1120. The Balaban J connectivity index is 1.88.